The van der Waals surface area contributed by atoms with Crippen molar-refractivity contribution >= 4 is 22.9 Å². The molecular formula is C8H11ClN2OS. The van der Waals surface area contributed by atoms with Gasteiger partial charge < -0.3 is 4.74 Å². The zero-order valence-electron chi connectivity index (χ0n) is 7.20. The second-order valence-corrected chi connectivity index (χ2v) is 4.77. The first kappa shape index (κ1) is 9.37. The van der Waals surface area contributed by atoms with E-state index in [9.17, 15) is 0 Å². The lowest BCUT2D eigenvalue weighted by Crippen LogP contribution is -2.05. The van der Waals surface area contributed by atoms with E-state index < -0.39 is 0 Å². The Kier molecular flexibility index (Phi) is 3.14. The van der Waals surface area contributed by atoms with Gasteiger partial charge in [0, 0.05) is 13.0 Å². The lowest BCUT2D eigenvalue weighted by molar-refractivity contribution is 0.104. The van der Waals surface area contributed by atoms with E-state index in [-0.39, 0.29) is 0 Å². The fourth-order valence-electron chi connectivity index (χ4n) is 1.49. The monoisotopic (exact) mass is 218 g/mol. The van der Waals surface area contributed by atoms with Crippen LogP contribution in [0.25, 0.3) is 0 Å². The highest BCUT2D eigenvalue weighted by Crippen LogP contribution is 2.20. The third-order valence-electron chi connectivity index (χ3n) is 2.15. The number of hydrogen-bond donors (Lipinski definition) is 0. The quantitative estimate of drug-likeness (QED) is 0.781. The molecule has 2 rings (SSSR count). The summed E-state index contributed by atoms with van der Waals surface area (Å²) in [6.07, 6.45) is 4.80. The molecule has 2 heterocycles. The molecular weight excluding hydrogens is 208 g/mol. The Bertz CT molecular complexity index is 273. The molecule has 1 aliphatic rings. The molecule has 0 saturated carbocycles. The number of halogens is 1. The van der Waals surface area contributed by atoms with E-state index in [4.69, 9.17) is 16.3 Å². The Balaban J connectivity index is 1.78. The van der Waals surface area contributed by atoms with E-state index in [1.165, 1.54) is 24.2 Å². The van der Waals surface area contributed by atoms with E-state index >= 15 is 0 Å². The molecule has 13 heavy (non-hydrogen) atoms. The summed E-state index contributed by atoms with van der Waals surface area (Å²) in [6.45, 7) is 0.918. The lowest BCUT2D eigenvalue weighted by Gasteiger charge is -2.05. The molecule has 72 valence electrons. The van der Waals surface area contributed by atoms with Crippen LogP contribution < -0.4 is 0 Å². The van der Waals surface area contributed by atoms with Crippen molar-refractivity contribution in [1.29, 1.82) is 0 Å². The van der Waals surface area contributed by atoms with Gasteiger partial charge in [-0.25, -0.2) is 0 Å². The maximum atomic E-state index is 5.67. The standard InChI is InChI=1S/C8H11ClN2OS/c9-8-11-10-7(13-8)4-3-6-2-1-5-12-6/h6H,1-5H2. The molecule has 1 saturated heterocycles. The summed E-state index contributed by atoms with van der Waals surface area (Å²) in [6, 6.07) is 0. The van der Waals surface area contributed by atoms with Crippen LogP contribution in [0.1, 0.15) is 24.3 Å². The molecule has 1 aliphatic heterocycles. The Morgan fingerprint density at radius 1 is 1.54 bits per heavy atom. The molecule has 3 nitrogen and oxygen atoms in total. The van der Waals surface area contributed by atoms with Crippen molar-refractivity contribution in [3.63, 3.8) is 0 Å². The molecule has 5 heteroatoms. The van der Waals surface area contributed by atoms with Crippen LogP contribution in [-0.2, 0) is 11.2 Å². The highest BCUT2D eigenvalue weighted by atomic mass is 35.5. The normalized spacial score (nSPS) is 22.4. The highest BCUT2D eigenvalue weighted by molar-refractivity contribution is 7.15. The van der Waals surface area contributed by atoms with Crippen molar-refractivity contribution in [2.45, 2.75) is 31.8 Å². The third-order valence-corrected chi connectivity index (χ3v) is 3.22. The molecule has 1 aromatic rings. The molecule has 0 aliphatic carbocycles. The zero-order chi connectivity index (χ0) is 9.10. The van der Waals surface area contributed by atoms with Gasteiger partial charge in [0.1, 0.15) is 5.01 Å². The minimum absolute atomic E-state index is 0.433. The zero-order valence-corrected chi connectivity index (χ0v) is 8.77. The third kappa shape index (κ3) is 2.62. The number of ether oxygens (including phenoxy) is 1. The van der Waals surface area contributed by atoms with Gasteiger partial charge in [0.05, 0.1) is 6.10 Å². The van der Waals surface area contributed by atoms with E-state index in [0.717, 1.165) is 24.5 Å². The average molecular weight is 219 g/mol. The molecule has 1 aromatic heterocycles. The van der Waals surface area contributed by atoms with Crippen LogP contribution >= 0.6 is 22.9 Å². The number of hydrogen-bond acceptors (Lipinski definition) is 4. The van der Waals surface area contributed by atoms with Gasteiger partial charge in [0.25, 0.3) is 0 Å². The molecule has 0 bridgehead atoms. The summed E-state index contributed by atoms with van der Waals surface area (Å²) in [7, 11) is 0. The fraction of sp³-hybridized carbons (Fsp3) is 0.750. The lowest BCUT2D eigenvalue weighted by atomic mass is 10.1. The molecule has 0 spiro atoms. The average Bonchev–Trinajstić information content (AvgIpc) is 2.71. The number of rotatable bonds is 3. The van der Waals surface area contributed by atoms with Crippen LogP contribution in [0.15, 0.2) is 0 Å². The Morgan fingerprint density at radius 3 is 3.08 bits per heavy atom. The van der Waals surface area contributed by atoms with Gasteiger partial charge in [0.2, 0.25) is 4.47 Å². The van der Waals surface area contributed by atoms with Crippen LogP contribution in [0, 0.1) is 0 Å². The van der Waals surface area contributed by atoms with Gasteiger partial charge in [-0.2, -0.15) is 0 Å². The van der Waals surface area contributed by atoms with Crippen molar-refractivity contribution in [2.24, 2.45) is 0 Å². The highest BCUT2D eigenvalue weighted by Gasteiger charge is 2.15. The minimum Gasteiger partial charge on any atom is -0.378 e. The molecule has 0 N–H and O–H groups in total. The predicted octanol–water partition coefficient (Wildman–Crippen LogP) is 2.30. The minimum atomic E-state index is 0.433. The second kappa shape index (κ2) is 4.35. The van der Waals surface area contributed by atoms with Crippen LogP contribution in [-0.4, -0.2) is 22.9 Å². The molecule has 0 amide bonds. The first-order valence-electron chi connectivity index (χ1n) is 4.44. The molecule has 1 atom stereocenters. The summed E-state index contributed by atoms with van der Waals surface area (Å²) < 4.78 is 6.03. The van der Waals surface area contributed by atoms with Gasteiger partial charge in [0.15, 0.2) is 0 Å². The summed E-state index contributed by atoms with van der Waals surface area (Å²) in [5.74, 6) is 0. The first-order valence-corrected chi connectivity index (χ1v) is 5.63. The second-order valence-electron chi connectivity index (χ2n) is 3.12. The predicted molar refractivity (Wildman–Crippen MR) is 52.2 cm³/mol. The van der Waals surface area contributed by atoms with Crippen molar-refractivity contribution < 1.29 is 4.74 Å². The van der Waals surface area contributed by atoms with Crippen molar-refractivity contribution in [2.75, 3.05) is 6.61 Å². The van der Waals surface area contributed by atoms with Crippen LogP contribution in [0.3, 0.4) is 0 Å². The van der Waals surface area contributed by atoms with E-state index in [0.29, 0.717) is 10.6 Å². The van der Waals surface area contributed by atoms with Gasteiger partial charge >= 0.3 is 0 Å². The fourth-order valence-corrected chi connectivity index (χ4v) is 2.37. The summed E-state index contributed by atoms with van der Waals surface area (Å²) in [4.78, 5) is 0. The number of aromatic nitrogens is 2. The Labute approximate surface area is 86.1 Å². The summed E-state index contributed by atoms with van der Waals surface area (Å²) >= 11 is 7.13. The van der Waals surface area contributed by atoms with Crippen molar-refractivity contribution in [3.8, 4) is 0 Å². The van der Waals surface area contributed by atoms with Gasteiger partial charge in [-0.1, -0.05) is 11.3 Å². The summed E-state index contributed by atoms with van der Waals surface area (Å²) in [5.41, 5.74) is 0. The van der Waals surface area contributed by atoms with Crippen molar-refractivity contribution in [1.82, 2.24) is 10.2 Å². The topological polar surface area (TPSA) is 35.0 Å². The van der Waals surface area contributed by atoms with Crippen LogP contribution in [0.5, 0.6) is 0 Å². The van der Waals surface area contributed by atoms with Crippen LogP contribution in [0.2, 0.25) is 4.47 Å². The van der Waals surface area contributed by atoms with Gasteiger partial charge in [-0.15, -0.1) is 10.2 Å². The number of nitrogens with zero attached hydrogens (tertiary/aromatic N) is 2. The smallest absolute Gasteiger partial charge is 0.207 e. The molecule has 1 unspecified atom stereocenters. The van der Waals surface area contributed by atoms with Gasteiger partial charge in [-0.05, 0) is 30.9 Å². The van der Waals surface area contributed by atoms with Gasteiger partial charge in [-0.3, -0.25) is 0 Å². The van der Waals surface area contributed by atoms with Crippen molar-refractivity contribution in [3.05, 3.63) is 9.47 Å². The van der Waals surface area contributed by atoms with E-state index in [2.05, 4.69) is 10.2 Å². The largest absolute Gasteiger partial charge is 0.378 e. The SMILES string of the molecule is Clc1nnc(CCC2CCCO2)s1. The Hall–Kier alpha value is -0.190. The molecule has 0 aromatic carbocycles. The maximum Gasteiger partial charge on any atom is 0.207 e. The first-order chi connectivity index (χ1) is 6.34. The summed E-state index contributed by atoms with van der Waals surface area (Å²) in [5, 5.41) is 8.73. The number of aryl methyl sites for hydroxylation is 1. The maximum absolute atomic E-state index is 5.67. The molecule has 1 fully saturated rings. The van der Waals surface area contributed by atoms with E-state index in [1.807, 2.05) is 0 Å². The Morgan fingerprint density at radius 2 is 2.46 bits per heavy atom. The van der Waals surface area contributed by atoms with E-state index in [1.54, 1.807) is 0 Å². The van der Waals surface area contributed by atoms with Crippen LogP contribution in [0.4, 0.5) is 0 Å². The molecule has 0 radical (unpaired) electrons.